The predicted octanol–water partition coefficient (Wildman–Crippen LogP) is 1.93. The maximum atomic E-state index is 12.8. The van der Waals surface area contributed by atoms with Gasteiger partial charge in [0.25, 0.3) is 0 Å². The Balaban J connectivity index is 1.55. The van der Waals surface area contributed by atoms with Gasteiger partial charge in [0.2, 0.25) is 15.9 Å². The number of hydrogen-bond acceptors (Lipinski definition) is 7. The van der Waals surface area contributed by atoms with E-state index in [9.17, 15) is 18.0 Å². The minimum absolute atomic E-state index is 0.0451. The molecule has 11 heteroatoms. The molecule has 32 heavy (non-hydrogen) atoms. The molecule has 3 rings (SSSR count). The van der Waals surface area contributed by atoms with E-state index in [1.54, 1.807) is 24.0 Å². The summed E-state index contributed by atoms with van der Waals surface area (Å²) in [5, 5.41) is 0.427. The molecule has 0 radical (unpaired) electrons. The lowest BCUT2D eigenvalue weighted by molar-refractivity contribution is -0.132. The molecule has 1 aliphatic rings. The van der Waals surface area contributed by atoms with E-state index in [1.807, 2.05) is 4.90 Å². The first kappa shape index (κ1) is 24.0. The van der Waals surface area contributed by atoms with Gasteiger partial charge in [-0.2, -0.15) is 4.72 Å². The SMILES string of the molecule is CCOC(=O)c1ccc(N2CCN(C(=O)[C@H](C)NS(=O)(=O)c3ccc(Cl)cc3)CC2)nc1. The van der Waals surface area contributed by atoms with E-state index in [-0.39, 0.29) is 10.8 Å². The van der Waals surface area contributed by atoms with Crippen LogP contribution in [0.3, 0.4) is 0 Å². The minimum atomic E-state index is -3.84. The molecule has 0 saturated carbocycles. The number of sulfonamides is 1. The quantitative estimate of drug-likeness (QED) is 0.603. The average Bonchev–Trinajstić information content (AvgIpc) is 2.79. The second-order valence-corrected chi connectivity index (χ2v) is 9.39. The zero-order valence-electron chi connectivity index (χ0n) is 17.8. The summed E-state index contributed by atoms with van der Waals surface area (Å²) < 4.78 is 32.4. The number of benzene rings is 1. The minimum Gasteiger partial charge on any atom is -0.462 e. The zero-order chi connectivity index (χ0) is 23.3. The van der Waals surface area contributed by atoms with Crippen molar-refractivity contribution in [3.63, 3.8) is 0 Å². The third-order valence-corrected chi connectivity index (χ3v) is 6.81. The van der Waals surface area contributed by atoms with Gasteiger partial charge in [0.1, 0.15) is 5.82 Å². The van der Waals surface area contributed by atoms with Gasteiger partial charge in [0, 0.05) is 37.4 Å². The Morgan fingerprint density at radius 1 is 1.12 bits per heavy atom. The van der Waals surface area contributed by atoms with Crippen molar-refractivity contribution in [3.05, 3.63) is 53.2 Å². The van der Waals surface area contributed by atoms with Crippen molar-refractivity contribution in [2.75, 3.05) is 37.7 Å². The Morgan fingerprint density at radius 2 is 1.78 bits per heavy atom. The first-order valence-electron chi connectivity index (χ1n) is 10.2. The molecule has 0 unspecified atom stereocenters. The van der Waals surface area contributed by atoms with Crippen molar-refractivity contribution in [2.24, 2.45) is 0 Å². The van der Waals surface area contributed by atoms with Crippen LogP contribution in [0.1, 0.15) is 24.2 Å². The third kappa shape index (κ3) is 5.76. The molecule has 1 fully saturated rings. The highest BCUT2D eigenvalue weighted by Gasteiger charge is 2.28. The number of ether oxygens (including phenoxy) is 1. The molecule has 0 bridgehead atoms. The fourth-order valence-electron chi connectivity index (χ4n) is 3.30. The number of amides is 1. The van der Waals surface area contributed by atoms with E-state index in [0.29, 0.717) is 49.2 Å². The van der Waals surface area contributed by atoms with Gasteiger partial charge in [-0.1, -0.05) is 11.6 Å². The van der Waals surface area contributed by atoms with Crippen LogP contribution in [-0.2, 0) is 19.6 Å². The van der Waals surface area contributed by atoms with Crippen molar-refractivity contribution < 1.29 is 22.7 Å². The molecule has 172 valence electrons. The molecule has 2 aromatic rings. The molecule has 1 aliphatic heterocycles. The van der Waals surface area contributed by atoms with Gasteiger partial charge in [-0.25, -0.2) is 18.2 Å². The van der Waals surface area contributed by atoms with E-state index in [1.165, 1.54) is 37.4 Å². The number of nitrogens with one attached hydrogen (secondary N) is 1. The highest BCUT2D eigenvalue weighted by Crippen LogP contribution is 2.17. The molecule has 1 saturated heterocycles. The normalized spacial score (nSPS) is 15.3. The van der Waals surface area contributed by atoms with Crippen LogP contribution in [0.4, 0.5) is 5.82 Å². The van der Waals surface area contributed by atoms with Crippen molar-refractivity contribution in [1.82, 2.24) is 14.6 Å². The molecule has 1 amide bonds. The van der Waals surface area contributed by atoms with Crippen molar-refractivity contribution in [1.29, 1.82) is 0 Å². The van der Waals surface area contributed by atoms with Crippen LogP contribution < -0.4 is 9.62 Å². The number of pyridine rings is 1. The number of aromatic nitrogens is 1. The highest BCUT2D eigenvalue weighted by molar-refractivity contribution is 7.89. The van der Waals surface area contributed by atoms with E-state index >= 15 is 0 Å². The van der Waals surface area contributed by atoms with Crippen LogP contribution in [0.15, 0.2) is 47.5 Å². The van der Waals surface area contributed by atoms with Gasteiger partial charge in [0.15, 0.2) is 0 Å². The number of nitrogens with zero attached hydrogens (tertiary/aromatic N) is 3. The molecule has 0 aliphatic carbocycles. The number of halogens is 1. The smallest absolute Gasteiger partial charge is 0.339 e. The van der Waals surface area contributed by atoms with Gasteiger partial charge in [-0.05, 0) is 50.2 Å². The van der Waals surface area contributed by atoms with Crippen molar-refractivity contribution >= 4 is 39.3 Å². The molecular weight excluding hydrogens is 456 g/mol. The molecule has 1 aromatic heterocycles. The van der Waals surface area contributed by atoms with Gasteiger partial charge in [-0.3, -0.25) is 4.79 Å². The Kier molecular flexibility index (Phi) is 7.70. The summed E-state index contributed by atoms with van der Waals surface area (Å²) in [6.45, 7) is 5.48. The topological polar surface area (TPSA) is 109 Å². The van der Waals surface area contributed by atoms with Crippen LogP contribution in [0, 0.1) is 0 Å². The maximum absolute atomic E-state index is 12.8. The molecule has 0 spiro atoms. The number of carbonyl (C=O) groups is 2. The molecule has 2 heterocycles. The molecule has 9 nitrogen and oxygen atoms in total. The summed E-state index contributed by atoms with van der Waals surface area (Å²) in [6, 6.07) is 8.23. The largest absolute Gasteiger partial charge is 0.462 e. The summed E-state index contributed by atoms with van der Waals surface area (Å²) in [4.78, 5) is 32.5. The summed E-state index contributed by atoms with van der Waals surface area (Å²) in [5.41, 5.74) is 0.381. The van der Waals surface area contributed by atoms with Crippen LogP contribution in [0.5, 0.6) is 0 Å². The van der Waals surface area contributed by atoms with Crippen LogP contribution in [0.25, 0.3) is 0 Å². The second-order valence-electron chi connectivity index (χ2n) is 7.23. The van der Waals surface area contributed by atoms with E-state index in [4.69, 9.17) is 16.3 Å². The number of carbonyl (C=O) groups excluding carboxylic acids is 2. The van der Waals surface area contributed by atoms with Crippen LogP contribution >= 0.6 is 11.6 Å². The standard InChI is InChI=1S/C21H25ClN4O5S/c1-3-31-21(28)16-4-9-19(23-14-16)25-10-12-26(13-11-25)20(27)15(2)24-32(29,30)18-7-5-17(22)6-8-18/h4-9,14-15,24H,3,10-13H2,1-2H3/t15-/m0/s1. The van der Waals surface area contributed by atoms with Gasteiger partial charge < -0.3 is 14.5 Å². The Bertz CT molecular complexity index is 1050. The Hall–Kier alpha value is -2.69. The van der Waals surface area contributed by atoms with Crippen LogP contribution in [-0.4, -0.2) is 69.0 Å². The number of esters is 1. The van der Waals surface area contributed by atoms with Crippen LogP contribution in [0.2, 0.25) is 5.02 Å². The van der Waals surface area contributed by atoms with Gasteiger partial charge >= 0.3 is 5.97 Å². The lowest BCUT2D eigenvalue weighted by atomic mass is 10.2. The third-order valence-electron chi connectivity index (χ3n) is 5.00. The lowest BCUT2D eigenvalue weighted by Gasteiger charge is -2.36. The van der Waals surface area contributed by atoms with E-state index in [0.717, 1.165) is 0 Å². The monoisotopic (exact) mass is 480 g/mol. The predicted molar refractivity (Wildman–Crippen MR) is 120 cm³/mol. The fraction of sp³-hybridized carbons (Fsp3) is 0.381. The number of piperazine rings is 1. The first-order chi connectivity index (χ1) is 15.2. The highest BCUT2D eigenvalue weighted by atomic mass is 35.5. The summed E-state index contributed by atoms with van der Waals surface area (Å²) in [7, 11) is -3.84. The number of anilines is 1. The summed E-state index contributed by atoms with van der Waals surface area (Å²) >= 11 is 5.80. The average molecular weight is 481 g/mol. The molecule has 1 aromatic carbocycles. The zero-order valence-corrected chi connectivity index (χ0v) is 19.4. The fourth-order valence-corrected chi connectivity index (χ4v) is 4.63. The van der Waals surface area contributed by atoms with Gasteiger partial charge in [-0.15, -0.1) is 0 Å². The van der Waals surface area contributed by atoms with Crippen molar-refractivity contribution in [3.8, 4) is 0 Å². The second kappa shape index (κ2) is 10.3. The lowest BCUT2D eigenvalue weighted by Crippen LogP contribution is -2.54. The summed E-state index contributed by atoms with van der Waals surface area (Å²) in [6.07, 6.45) is 1.47. The molecule has 1 N–H and O–H groups in total. The number of rotatable bonds is 7. The number of hydrogen-bond donors (Lipinski definition) is 1. The van der Waals surface area contributed by atoms with Gasteiger partial charge in [0.05, 0.1) is 23.1 Å². The van der Waals surface area contributed by atoms with Crippen molar-refractivity contribution in [2.45, 2.75) is 24.8 Å². The Labute approximate surface area is 192 Å². The van der Waals surface area contributed by atoms with E-state index in [2.05, 4.69) is 9.71 Å². The molecular formula is C21H25ClN4O5S. The van der Waals surface area contributed by atoms with E-state index < -0.39 is 22.0 Å². The maximum Gasteiger partial charge on any atom is 0.339 e. The Morgan fingerprint density at radius 3 is 2.34 bits per heavy atom. The molecule has 1 atom stereocenters. The first-order valence-corrected chi connectivity index (χ1v) is 12.0. The summed E-state index contributed by atoms with van der Waals surface area (Å²) in [5.74, 6) is -0.0218.